The highest BCUT2D eigenvalue weighted by Crippen LogP contribution is 2.31. The molecule has 0 saturated heterocycles. The summed E-state index contributed by atoms with van der Waals surface area (Å²) in [6, 6.07) is 9.17. The first-order chi connectivity index (χ1) is 14.7. The summed E-state index contributed by atoms with van der Waals surface area (Å²) >= 11 is 7.43. The van der Waals surface area contributed by atoms with Gasteiger partial charge in [-0.25, -0.2) is 4.68 Å². The lowest BCUT2D eigenvalue weighted by Gasteiger charge is -2.07. The third-order valence-electron chi connectivity index (χ3n) is 5.00. The molecule has 4 rings (SSSR count). The first kappa shape index (κ1) is 21.1. The van der Waals surface area contributed by atoms with Crippen molar-refractivity contribution in [3.8, 4) is 5.69 Å². The molecule has 3 aromatic heterocycles. The SMILES string of the molecule is Cc1nn(C)c(C)c1NC(=O)CNC(=O)c1cc2c(C)nn(-c3cccc(Cl)c3)c2s1. The summed E-state index contributed by atoms with van der Waals surface area (Å²) in [5.74, 6) is -0.622. The van der Waals surface area contributed by atoms with E-state index in [9.17, 15) is 9.59 Å². The molecule has 0 fully saturated rings. The fourth-order valence-electron chi connectivity index (χ4n) is 3.33. The van der Waals surface area contributed by atoms with Crippen molar-refractivity contribution >= 4 is 50.7 Å². The number of hydrogen-bond donors (Lipinski definition) is 2. The maximum Gasteiger partial charge on any atom is 0.261 e. The highest BCUT2D eigenvalue weighted by molar-refractivity contribution is 7.20. The average molecular weight is 457 g/mol. The number of halogens is 1. The Morgan fingerprint density at radius 2 is 1.90 bits per heavy atom. The minimum absolute atomic E-state index is 0.139. The van der Waals surface area contributed by atoms with Gasteiger partial charge in [-0.15, -0.1) is 11.3 Å². The summed E-state index contributed by atoms with van der Waals surface area (Å²) in [5, 5.41) is 15.8. The van der Waals surface area contributed by atoms with Crippen molar-refractivity contribution in [1.29, 1.82) is 0 Å². The van der Waals surface area contributed by atoms with Gasteiger partial charge in [0.25, 0.3) is 5.91 Å². The minimum atomic E-state index is -0.312. The van der Waals surface area contributed by atoms with E-state index in [0.29, 0.717) is 15.6 Å². The Balaban J connectivity index is 1.49. The van der Waals surface area contributed by atoms with Crippen LogP contribution in [0.15, 0.2) is 30.3 Å². The lowest BCUT2D eigenvalue weighted by Crippen LogP contribution is -2.32. The molecule has 0 aliphatic heterocycles. The van der Waals surface area contributed by atoms with Gasteiger partial charge in [0.15, 0.2) is 0 Å². The zero-order valence-corrected chi connectivity index (χ0v) is 19.1. The number of amides is 2. The largest absolute Gasteiger partial charge is 0.342 e. The van der Waals surface area contributed by atoms with E-state index in [1.54, 1.807) is 21.5 Å². The average Bonchev–Trinajstić information content (AvgIpc) is 3.36. The maximum absolute atomic E-state index is 12.7. The van der Waals surface area contributed by atoms with Crippen LogP contribution in [0.5, 0.6) is 0 Å². The van der Waals surface area contributed by atoms with Crippen LogP contribution in [0.25, 0.3) is 15.9 Å². The second-order valence-corrected chi connectivity index (χ2v) is 8.67. The molecule has 1 aromatic carbocycles. The maximum atomic E-state index is 12.7. The van der Waals surface area contributed by atoms with Crippen molar-refractivity contribution in [1.82, 2.24) is 24.9 Å². The standard InChI is InChI=1S/C21H21ClN6O2S/c1-11-16-9-17(31-21(16)28(26-11)15-7-5-6-14(22)8-15)20(30)23-10-18(29)24-19-12(2)25-27(4)13(19)3/h5-9H,10H2,1-4H3,(H,23,30)(H,24,29). The number of nitrogens with one attached hydrogen (secondary N) is 2. The molecule has 0 unspecified atom stereocenters. The van der Waals surface area contributed by atoms with Crippen molar-refractivity contribution in [2.75, 3.05) is 11.9 Å². The molecular formula is C21H21ClN6O2S. The van der Waals surface area contributed by atoms with Gasteiger partial charge in [-0.2, -0.15) is 10.2 Å². The van der Waals surface area contributed by atoms with Crippen molar-refractivity contribution < 1.29 is 9.59 Å². The Bertz CT molecular complexity index is 1320. The van der Waals surface area contributed by atoms with E-state index in [2.05, 4.69) is 20.8 Å². The van der Waals surface area contributed by atoms with Gasteiger partial charge in [0, 0.05) is 17.5 Å². The summed E-state index contributed by atoms with van der Waals surface area (Å²) in [4.78, 5) is 26.3. The number of nitrogens with zero attached hydrogens (tertiary/aromatic N) is 4. The van der Waals surface area contributed by atoms with Gasteiger partial charge in [-0.05, 0) is 45.0 Å². The van der Waals surface area contributed by atoms with Gasteiger partial charge in [0.2, 0.25) is 5.91 Å². The van der Waals surface area contributed by atoms with Gasteiger partial charge in [0.1, 0.15) is 4.83 Å². The van der Waals surface area contributed by atoms with Crippen LogP contribution in [0, 0.1) is 20.8 Å². The number of hydrogen-bond acceptors (Lipinski definition) is 5. The summed E-state index contributed by atoms with van der Waals surface area (Å²) in [7, 11) is 1.81. The van der Waals surface area contributed by atoms with Crippen LogP contribution in [0.3, 0.4) is 0 Å². The Morgan fingerprint density at radius 3 is 2.58 bits per heavy atom. The number of carbonyl (C=O) groups is 2. The topological polar surface area (TPSA) is 93.8 Å². The zero-order valence-electron chi connectivity index (χ0n) is 17.5. The zero-order chi connectivity index (χ0) is 22.3. The third-order valence-corrected chi connectivity index (χ3v) is 6.35. The van der Waals surface area contributed by atoms with Crippen LogP contribution in [-0.4, -0.2) is 37.9 Å². The van der Waals surface area contributed by atoms with Crippen LogP contribution in [0.2, 0.25) is 5.02 Å². The number of carbonyl (C=O) groups excluding carboxylic acids is 2. The monoisotopic (exact) mass is 456 g/mol. The fraction of sp³-hybridized carbons (Fsp3) is 0.238. The van der Waals surface area contributed by atoms with Gasteiger partial charge >= 0.3 is 0 Å². The predicted molar refractivity (Wildman–Crippen MR) is 122 cm³/mol. The number of thiophene rings is 1. The first-order valence-electron chi connectivity index (χ1n) is 9.58. The van der Waals surface area contributed by atoms with Crippen LogP contribution < -0.4 is 10.6 Å². The number of benzene rings is 1. The summed E-state index contributed by atoms with van der Waals surface area (Å²) in [6.45, 7) is 5.45. The number of fused-ring (bicyclic) bond motifs is 1. The van der Waals surface area contributed by atoms with Crippen molar-refractivity contribution in [3.63, 3.8) is 0 Å². The van der Waals surface area contributed by atoms with Crippen LogP contribution in [0.4, 0.5) is 5.69 Å². The lowest BCUT2D eigenvalue weighted by molar-refractivity contribution is -0.115. The molecule has 2 N–H and O–H groups in total. The van der Waals surface area contributed by atoms with Crippen molar-refractivity contribution in [3.05, 3.63) is 57.3 Å². The lowest BCUT2D eigenvalue weighted by atomic mass is 10.3. The molecule has 0 aliphatic carbocycles. The molecule has 31 heavy (non-hydrogen) atoms. The van der Waals surface area contributed by atoms with Crippen molar-refractivity contribution in [2.24, 2.45) is 7.05 Å². The Kier molecular flexibility index (Phi) is 5.55. The van der Waals surface area contributed by atoms with Crippen LogP contribution in [0.1, 0.15) is 26.8 Å². The molecule has 0 radical (unpaired) electrons. The Morgan fingerprint density at radius 1 is 1.13 bits per heavy atom. The number of aromatic nitrogens is 4. The molecule has 10 heteroatoms. The number of anilines is 1. The Hall–Kier alpha value is -3.17. The molecule has 0 atom stereocenters. The predicted octanol–water partition coefficient (Wildman–Crippen LogP) is 3.77. The van der Waals surface area contributed by atoms with Gasteiger partial charge in [-0.3, -0.25) is 14.3 Å². The van der Waals surface area contributed by atoms with E-state index in [1.807, 2.05) is 46.0 Å². The normalized spacial score (nSPS) is 11.1. The molecule has 0 spiro atoms. The molecule has 8 nitrogen and oxygen atoms in total. The number of rotatable bonds is 5. The second-order valence-electron chi connectivity index (χ2n) is 7.21. The third kappa shape index (κ3) is 4.06. The molecule has 0 bridgehead atoms. The fourth-order valence-corrected chi connectivity index (χ4v) is 4.61. The summed E-state index contributed by atoms with van der Waals surface area (Å²) < 4.78 is 3.48. The van der Waals surface area contributed by atoms with Gasteiger partial charge in [-0.1, -0.05) is 17.7 Å². The number of aryl methyl sites for hydroxylation is 3. The molecule has 0 aliphatic rings. The van der Waals surface area contributed by atoms with Crippen LogP contribution in [-0.2, 0) is 11.8 Å². The highest BCUT2D eigenvalue weighted by Gasteiger charge is 2.18. The quantitative estimate of drug-likeness (QED) is 0.478. The van der Waals surface area contributed by atoms with E-state index in [4.69, 9.17) is 11.6 Å². The van der Waals surface area contributed by atoms with E-state index in [0.717, 1.165) is 33.0 Å². The molecule has 160 valence electrons. The molecular weight excluding hydrogens is 436 g/mol. The summed E-state index contributed by atoms with van der Waals surface area (Å²) in [6.07, 6.45) is 0. The molecule has 0 saturated carbocycles. The van der Waals surface area contributed by atoms with Gasteiger partial charge in [0.05, 0.1) is 39.9 Å². The highest BCUT2D eigenvalue weighted by atomic mass is 35.5. The summed E-state index contributed by atoms with van der Waals surface area (Å²) in [5.41, 5.74) is 3.88. The molecule has 4 aromatic rings. The first-order valence-corrected chi connectivity index (χ1v) is 10.8. The molecule has 2 amide bonds. The van der Waals surface area contributed by atoms with E-state index < -0.39 is 0 Å². The van der Waals surface area contributed by atoms with Gasteiger partial charge < -0.3 is 10.6 Å². The molecule has 3 heterocycles. The minimum Gasteiger partial charge on any atom is -0.342 e. The van der Waals surface area contributed by atoms with E-state index in [1.165, 1.54) is 11.3 Å². The van der Waals surface area contributed by atoms with E-state index >= 15 is 0 Å². The second kappa shape index (κ2) is 8.16. The van der Waals surface area contributed by atoms with E-state index in [-0.39, 0.29) is 18.4 Å². The van der Waals surface area contributed by atoms with Crippen molar-refractivity contribution in [2.45, 2.75) is 20.8 Å². The smallest absolute Gasteiger partial charge is 0.261 e. The Labute approximate surface area is 187 Å². The van der Waals surface area contributed by atoms with Crippen LogP contribution >= 0.6 is 22.9 Å².